The fraction of sp³-hybridized carbons (Fsp3) is 0.750. The molecule has 75 valence electrons. The van der Waals surface area contributed by atoms with Gasteiger partial charge in [0.25, 0.3) is 0 Å². The summed E-state index contributed by atoms with van der Waals surface area (Å²) in [6.07, 6.45) is 17.3. The van der Waals surface area contributed by atoms with Crippen LogP contribution in [0, 0.1) is 6.42 Å². The number of allylic oxidation sites excluding steroid dienone is 2. The second kappa shape index (κ2) is 7.49. The fourth-order valence-corrected chi connectivity index (χ4v) is 2.07. The fourth-order valence-electron chi connectivity index (χ4n) is 1.71. The molecule has 0 aromatic carbocycles. The molecule has 0 aromatic rings. The van der Waals surface area contributed by atoms with Crippen LogP contribution in [0.2, 0.25) is 0 Å². The molecule has 0 bridgehead atoms. The highest BCUT2D eigenvalue weighted by atomic mass is 32.1. The molecule has 0 amide bonds. The van der Waals surface area contributed by atoms with E-state index in [1.54, 1.807) is 0 Å². The molecule has 1 heteroatoms. The maximum Gasteiger partial charge on any atom is 0.00169 e. The number of thiol groups is 1. The SMILES string of the molecule is SC1CCC[CH]CC/C=C\CCC1. The molecule has 0 spiro atoms. The molecule has 1 radical (unpaired) electrons. The van der Waals surface area contributed by atoms with E-state index in [0.717, 1.165) is 0 Å². The predicted octanol–water partition coefficient (Wildman–Crippen LogP) is 4.18. The molecule has 1 unspecified atom stereocenters. The van der Waals surface area contributed by atoms with Crippen molar-refractivity contribution < 1.29 is 0 Å². The Bertz CT molecular complexity index is 140. The van der Waals surface area contributed by atoms with Crippen molar-refractivity contribution in [2.45, 2.75) is 56.6 Å². The van der Waals surface area contributed by atoms with Crippen molar-refractivity contribution in [2.24, 2.45) is 0 Å². The molecule has 0 fully saturated rings. The third-order valence-electron chi connectivity index (χ3n) is 2.56. The summed E-state index contributed by atoms with van der Waals surface area (Å²) < 4.78 is 0. The first-order valence-corrected chi connectivity index (χ1v) is 6.06. The smallest absolute Gasteiger partial charge is 0.00169 e. The van der Waals surface area contributed by atoms with Crippen LogP contribution >= 0.6 is 12.6 Å². The molecule has 0 heterocycles. The summed E-state index contributed by atoms with van der Waals surface area (Å²) in [4.78, 5) is 0. The van der Waals surface area contributed by atoms with Gasteiger partial charge in [-0.15, -0.1) is 0 Å². The Kier molecular flexibility index (Phi) is 6.43. The molecule has 1 aliphatic rings. The molecular formula is C12H21S. The van der Waals surface area contributed by atoms with Gasteiger partial charge in [0, 0.05) is 5.25 Å². The minimum Gasteiger partial charge on any atom is -0.176 e. The lowest BCUT2D eigenvalue weighted by atomic mass is 10.0. The topological polar surface area (TPSA) is 0 Å². The molecule has 0 aliphatic heterocycles. The molecule has 1 rings (SSSR count). The molecule has 0 saturated heterocycles. The molecule has 1 aliphatic carbocycles. The monoisotopic (exact) mass is 197 g/mol. The quantitative estimate of drug-likeness (QED) is 0.437. The van der Waals surface area contributed by atoms with Crippen molar-refractivity contribution in [3.05, 3.63) is 18.6 Å². The van der Waals surface area contributed by atoms with Gasteiger partial charge in [0.15, 0.2) is 0 Å². The third-order valence-corrected chi connectivity index (χ3v) is 3.07. The highest BCUT2D eigenvalue weighted by Crippen LogP contribution is 2.16. The summed E-state index contributed by atoms with van der Waals surface area (Å²) in [6.45, 7) is 0. The maximum atomic E-state index is 4.59. The van der Waals surface area contributed by atoms with Gasteiger partial charge < -0.3 is 0 Å². The lowest BCUT2D eigenvalue weighted by Gasteiger charge is -2.10. The van der Waals surface area contributed by atoms with Gasteiger partial charge in [-0.3, -0.25) is 0 Å². The van der Waals surface area contributed by atoms with Gasteiger partial charge in [0.1, 0.15) is 0 Å². The van der Waals surface area contributed by atoms with Gasteiger partial charge in [-0.05, 0) is 44.9 Å². The van der Waals surface area contributed by atoms with Gasteiger partial charge in [-0.1, -0.05) is 25.0 Å². The lowest BCUT2D eigenvalue weighted by Crippen LogP contribution is -1.98. The summed E-state index contributed by atoms with van der Waals surface area (Å²) in [5.74, 6) is 0. The Labute approximate surface area is 88.2 Å². The summed E-state index contributed by atoms with van der Waals surface area (Å²) in [6, 6.07) is 0. The van der Waals surface area contributed by atoms with E-state index in [0.29, 0.717) is 5.25 Å². The average molecular weight is 197 g/mol. The minimum atomic E-state index is 0.640. The third kappa shape index (κ3) is 6.20. The summed E-state index contributed by atoms with van der Waals surface area (Å²) >= 11 is 4.59. The molecule has 1 atom stereocenters. The largest absolute Gasteiger partial charge is 0.176 e. The number of hydrogen-bond acceptors (Lipinski definition) is 1. The van der Waals surface area contributed by atoms with Crippen molar-refractivity contribution >= 4 is 12.6 Å². The molecule has 0 N–H and O–H groups in total. The van der Waals surface area contributed by atoms with Gasteiger partial charge >= 0.3 is 0 Å². The van der Waals surface area contributed by atoms with Crippen LogP contribution in [0.3, 0.4) is 0 Å². The average Bonchev–Trinajstić information content (AvgIpc) is 2.11. The Hall–Kier alpha value is 0.0900. The van der Waals surface area contributed by atoms with Gasteiger partial charge in [-0.25, -0.2) is 0 Å². The van der Waals surface area contributed by atoms with Crippen molar-refractivity contribution in [1.82, 2.24) is 0 Å². The summed E-state index contributed by atoms with van der Waals surface area (Å²) in [7, 11) is 0. The highest BCUT2D eigenvalue weighted by Gasteiger charge is 2.02. The Balaban J connectivity index is 2.20. The standard InChI is InChI=1S/C12H21S/c13-12-10-8-6-4-2-1-3-5-7-9-11-12/h2,4-5,12-13H,1,3,6-11H2/b4-2-. The van der Waals surface area contributed by atoms with E-state index < -0.39 is 0 Å². The normalized spacial score (nSPS) is 30.1. The Morgan fingerprint density at radius 3 is 2.38 bits per heavy atom. The first-order valence-electron chi connectivity index (χ1n) is 5.54. The predicted molar refractivity (Wildman–Crippen MR) is 63.2 cm³/mol. The second-order valence-electron chi connectivity index (χ2n) is 3.85. The van der Waals surface area contributed by atoms with Crippen LogP contribution in [0.15, 0.2) is 12.2 Å². The van der Waals surface area contributed by atoms with E-state index in [2.05, 4.69) is 31.2 Å². The molecule has 0 saturated carbocycles. The highest BCUT2D eigenvalue weighted by molar-refractivity contribution is 7.80. The van der Waals surface area contributed by atoms with E-state index in [9.17, 15) is 0 Å². The summed E-state index contributed by atoms with van der Waals surface area (Å²) in [5.41, 5.74) is 0. The van der Waals surface area contributed by atoms with Crippen molar-refractivity contribution in [3.8, 4) is 0 Å². The van der Waals surface area contributed by atoms with Crippen LogP contribution in [-0.2, 0) is 0 Å². The zero-order chi connectivity index (χ0) is 9.36. The van der Waals surface area contributed by atoms with Crippen LogP contribution in [0.1, 0.15) is 51.4 Å². The van der Waals surface area contributed by atoms with Gasteiger partial charge in [0.2, 0.25) is 0 Å². The first kappa shape index (κ1) is 11.2. The second-order valence-corrected chi connectivity index (χ2v) is 4.58. The minimum absolute atomic E-state index is 0.640. The molecular weight excluding hydrogens is 176 g/mol. The van der Waals surface area contributed by atoms with Crippen LogP contribution < -0.4 is 0 Å². The summed E-state index contributed by atoms with van der Waals surface area (Å²) in [5, 5.41) is 0.640. The maximum absolute atomic E-state index is 4.59. The van der Waals surface area contributed by atoms with E-state index in [1.807, 2.05) is 0 Å². The first-order chi connectivity index (χ1) is 6.39. The van der Waals surface area contributed by atoms with Crippen LogP contribution in [0.25, 0.3) is 0 Å². The van der Waals surface area contributed by atoms with E-state index in [4.69, 9.17) is 0 Å². The van der Waals surface area contributed by atoms with Gasteiger partial charge in [0.05, 0.1) is 0 Å². The molecule has 13 heavy (non-hydrogen) atoms. The Morgan fingerprint density at radius 2 is 1.54 bits per heavy atom. The molecule has 0 nitrogen and oxygen atoms in total. The van der Waals surface area contributed by atoms with Crippen LogP contribution in [0.5, 0.6) is 0 Å². The number of rotatable bonds is 0. The van der Waals surface area contributed by atoms with E-state index >= 15 is 0 Å². The van der Waals surface area contributed by atoms with Crippen molar-refractivity contribution in [1.29, 1.82) is 0 Å². The van der Waals surface area contributed by atoms with Gasteiger partial charge in [-0.2, -0.15) is 12.6 Å². The van der Waals surface area contributed by atoms with Crippen molar-refractivity contribution in [3.63, 3.8) is 0 Å². The van der Waals surface area contributed by atoms with Crippen molar-refractivity contribution in [2.75, 3.05) is 0 Å². The Morgan fingerprint density at radius 1 is 0.846 bits per heavy atom. The van der Waals surface area contributed by atoms with Crippen LogP contribution in [-0.4, -0.2) is 5.25 Å². The number of hydrogen-bond donors (Lipinski definition) is 1. The zero-order valence-corrected chi connectivity index (χ0v) is 9.31. The molecule has 0 aromatic heterocycles. The van der Waals surface area contributed by atoms with Crippen LogP contribution in [0.4, 0.5) is 0 Å². The van der Waals surface area contributed by atoms with E-state index in [1.165, 1.54) is 51.4 Å². The zero-order valence-electron chi connectivity index (χ0n) is 8.41. The lowest BCUT2D eigenvalue weighted by molar-refractivity contribution is 0.622. The van der Waals surface area contributed by atoms with E-state index in [-0.39, 0.29) is 0 Å².